The molecule has 0 aliphatic carbocycles. The van der Waals surface area contributed by atoms with Gasteiger partial charge in [0.05, 0.1) is 18.3 Å². The Balaban J connectivity index is 2.53. The number of hydrogen-bond donors (Lipinski definition) is 1. The summed E-state index contributed by atoms with van der Waals surface area (Å²) < 4.78 is 5.68. The van der Waals surface area contributed by atoms with Crippen LogP contribution >= 0.6 is 0 Å². The molecule has 1 rings (SSSR count). The van der Waals surface area contributed by atoms with Gasteiger partial charge in [-0.1, -0.05) is 30.3 Å². The second-order valence-corrected chi connectivity index (χ2v) is 7.10. The molecule has 4 heteroatoms. The minimum Gasteiger partial charge on any atom is -0.389 e. The van der Waals surface area contributed by atoms with Gasteiger partial charge in [0.15, 0.2) is 0 Å². The van der Waals surface area contributed by atoms with Gasteiger partial charge in [-0.2, -0.15) is 0 Å². The van der Waals surface area contributed by atoms with Crippen LogP contribution in [0.3, 0.4) is 0 Å². The summed E-state index contributed by atoms with van der Waals surface area (Å²) in [5.41, 5.74) is 1.06. The van der Waals surface area contributed by atoms with E-state index in [4.69, 9.17) is 4.74 Å². The summed E-state index contributed by atoms with van der Waals surface area (Å²) in [4.78, 5) is 4.45. The van der Waals surface area contributed by atoms with Crippen LogP contribution in [0.2, 0.25) is 0 Å². The van der Waals surface area contributed by atoms with Crippen LogP contribution in [-0.4, -0.2) is 66.9 Å². The fraction of sp³-hybridized carbons (Fsp3) is 0.667. The van der Waals surface area contributed by atoms with Gasteiger partial charge >= 0.3 is 0 Å². The second kappa shape index (κ2) is 9.26. The summed E-state index contributed by atoms with van der Waals surface area (Å²) in [6.45, 7) is 9.76. The first-order valence-corrected chi connectivity index (χ1v) is 7.99. The molecule has 22 heavy (non-hydrogen) atoms. The van der Waals surface area contributed by atoms with E-state index in [1.807, 2.05) is 26.8 Å². The zero-order valence-electron chi connectivity index (χ0n) is 14.7. The Morgan fingerprint density at radius 2 is 1.73 bits per heavy atom. The molecule has 1 unspecified atom stereocenters. The lowest BCUT2D eigenvalue weighted by Gasteiger charge is -2.28. The Hall–Kier alpha value is -0.940. The molecule has 0 fully saturated rings. The average Bonchev–Trinajstić information content (AvgIpc) is 2.43. The molecule has 1 N–H and O–H groups in total. The summed E-state index contributed by atoms with van der Waals surface area (Å²) in [6.07, 6.45) is -0.468. The maximum atomic E-state index is 10.2. The first-order valence-electron chi connectivity index (χ1n) is 7.99. The van der Waals surface area contributed by atoms with Crippen molar-refractivity contribution < 1.29 is 9.84 Å². The van der Waals surface area contributed by atoms with Crippen LogP contribution in [0.5, 0.6) is 0 Å². The van der Waals surface area contributed by atoms with E-state index < -0.39 is 6.10 Å². The SMILES string of the molecule is CN(C)CCN(Cc1ccccc1)CC(O)COC(C)(C)C. The van der Waals surface area contributed by atoms with Crippen LogP contribution in [0.1, 0.15) is 26.3 Å². The van der Waals surface area contributed by atoms with Gasteiger partial charge in [0, 0.05) is 26.2 Å². The zero-order valence-corrected chi connectivity index (χ0v) is 14.7. The second-order valence-electron chi connectivity index (χ2n) is 7.10. The third kappa shape index (κ3) is 9.15. The number of aliphatic hydroxyl groups excluding tert-OH is 1. The molecule has 0 radical (unpaired) electrons. The molecule has 4 nitrogen and oxygen atoms in total. The number of likely N-dealkylation sites (N-methyl/N-ethyl adjacent to an activating group) is 1. The number of rotatable bonds is 9. The molecular formula is C18H32N2O2. The van der Waals surface area contributed by atoms with Gasteiger partial charge in [0.2, 0.25) is 0 Å². The number of hydrogen-bond acceptors (Lipinski definition) is 4. The first kappa shape index (κ1) is 19.1. The van der Waals surface area contributed by atoms with Crippen molar-refractivity contribution >= 4 is 0 Å². The highest BCUT2D eigenvalue weighted by atomic mass is 16.5. The van der Waals surface area contributed by atoms with Crippen LogP contribution in [0, 0.1) is 0 Å². The summed E-state index contributed by atoms with van der Waals surface area (Å²) in [5.74, 6) is 0. The lowest BCUT2D eigenvalue weighted by molar-refractivity contribution is -0.0568. The molecule has 0 heterocycles. The van der Waals surface area contributed by atoms with E-state index in [2.05, 4.69) is 48.2 Å². The molecule has 0 aliphatic rings. The number of ether oxygens (including phenoxy) is 1. The first-order chi connectivity index (χ1) is 10.3. The largest absolute Gasteiger partial charge is 0.389 e. The fourth-order valence-electron chi connectivity index (χ4n) is 2.11. The molecule has 126 valence electrons. The highest BCUT2D eigenvalue weighted by molar-refractivity contribution is 5.14. The highest BCUT2D eigenvalue weighted by Crippen LogP contribution is 2.09. The molecule has 0 amide bonds. The van der Waals surface area contributed by atoms with Crippen LogP contribution in [-0.2, 0) is 11.3 Å². The van der Waals surface area contributed by atoms with Gasteiger partial charge in [-0.05, 0) is 40.4 Å². The van der Waals surface area contributed by atoms with Gasteiger partial charge in [-0.3, -0.25) is 4.90 Å². The Bertz CT molecular complexity index is 401. The Morgan fingerprint density at radius 1 is 1.09 bits per heavy atom. The average molecular weight is 308 g/mol. The topological polar surface area (TPSA) is 35.9 Å². The van der Waals surface area contributed by atoms with Gasteiger partial charge < -0.3 is 14.7 Å². The van der Waals surface area contributed by atoms with Gasteiger partial charge in [-0.25, -0.2) is 0 Å². The van der Waals surface area contributed by atoms with Crippen LogP contribution in [0.4, 0.5) is 0 Å². The van der Waals surface area contributed by atoms with Crippen molar-refractivity contribution in [2.24, 2.45) is 0 Å². The molecule has 0 spiro atoms. The van der Waals surface area contributed by atoms with E-state index in [0.717, 1.165) is 19.6 Å². The Labute approximate surface area is 135 Å². The quantitative estimate of drug-likeness (QED) is 0.759. The van der Waals surface area contributed by atoms with Crippen molar-refractivity contribution in [3.8, 4) is 0 Å². The molecule has 0 bridgehead atoms. The lowest BCUT2D eigenvalue weighted by Crippen LogP contribution is -2.39. The van der Waals surface area contributed by atoms with Crippen molar-refractivity contribution in [1.82, 2.24) is 9.80 Å². The highest BCUT2D eigenvalue weighted by Gasteiger charge is 2.16. The van der Waals surface area contributed by atoms with Crippen molar-refractivity contribution in [3.05, 3.63) is 35.9 Å². The van der Waals surface area contributed by atoms with E-state index in [1.54, 1.807) is 0 Å². The standard InChI is InChI=1S/C18H32N2O2/c1-18(2,3)22-15-17(21)14-20(12-11-19(4)5)13-16-9-7-6-8-10-16/h6-10,17,21H,11-15H2,1-5H3. The van der Waals surface area contributed by atoms with Crippen LogP contribution < -0.4 is 0 Å². The smallest absolute Gasteiger partial charge is 0.0900 e. The van der Waals surface area contributed by atoms with Crippen molar-refractivity contribution in [1.29, 1.82) is 0 Å². The van der Waals surface area contributed by atoms with Crippen LogP contribution in [0.15, 0.2) is 30.3 Å². The molecule has 0 aliphatic heterocycles. The van der Waals surface area contributed by atoms with Gasteiger partial charge in [0.1, 0.15) is 0 Å². The monoisotopic (exact) mass is 308 g/mol. The predicted molar refractivity (Wildman–Crippen MR) is 92.0 cm³/mol. The van der Waals surface area contributed by atoms with Crippen molar-refractivity contribution in [2.45, 2.75) is 39.0 Å². The van der Waals surface area contributed by atoms with E-state index in [9.17, 15) is 5.11 Å². The van der Waals surface area contributed by atoms with Gasteiger partial charge in [0.25, 0.3) is 0 Å². The minimum absolute atomic E-state index is 0.213. The van der Waals surface area contributed by atoms with E-state index in [-0.39, 0.29) is 5.60 Å². The number of benzene rings is 1. The number of nitrogens with zero attached hydrogens (tertiary/aromatic N) is 2. The molecule has 1 aromatic rings. The molecule has 1 atom stereocenters. The van der Waals surface area contributed by atoms with Crippen LogP contribution in [0.25, 0.3) is 0 Å². The van der Waals surface area contributed by atoms with E-state index >= 15 is 0 Å². The summed E-state index contributed by atoms with van der Waals surface area (Å²) in [7, 11) is 4.14. The molecular weight excluding hydrogens is 276 g/mol. The maximum absolute atomic E-state index is 10.2. The Kier molecular flexibility index (Phi) is 8.04. The minimum atomic E-state index is -0.468. The van der Waals surface area contributed by atoms with Crippen molar-refractivity contribution in [2.75, 3.05) is 40.3 Å². The summed E-state index contributed by atoms with van der Waals surface area (Å²) >= 11 is 0. The van der Waals surface area contributed by atoms with Gasteiger partial charge in [-0.15, -0.1) is 0 Å². The maximum Gasteiger partial charge on any atom is 0.0900 e. The molecule has 1 aromatic carbocycles. The van der Waals surface area contributed by atoms with E-state index in [0.29, 0.717) is 13.2 Å². The predicted octanol–water partition coefficient (Wildman–Crippen LogP) is 2.23. The zero-order chi connectivity index (χ0) is 16.6. The molecule has 0 aromatic heterocycles. The normalized spacial score (nSPS) is 13.8. The third-order valence-corrected chi connectivity index (χ3v) is 3.29. The Morgan fingerprint density at radius 3 is 2.27 bits per heavy atom. The van der Waals surface area contributed by atoms with Crippen molar-refractivity contribution in [3.63, 3.8) is 0 Å². The third-order valence-electron chi connectivity index (χ3n) is 3.29. The lowest BCUT2D eigenvalue weighted by atomic mass is 10.2. The number of aliphatic hydroxyl groups is 1. The molecule has 0 saturated carbocycles. The summed E-state index contributed by atoms with van der Waals surface area (Å²) in [5, 5.41) is 10.2. The molecule has 0 saturated heterocycles. The summed E-state index contributed by atoms with van der Waals surface area (Å²) in [6, 6.07) is 10.4. The fourth-order valence-corrected chi connectivity index (χ4v) is 2.11. The van der Waals surface area contributed by atoms with E-state index in [1.165, 1.54) is 5.56 Å².